The fourth-order valence-electron chi connectivity index (χ4n) is 7.92. The van der Waals surface area contributed by atoms with Crippen molar-refractivity contribution in [3.05, 3.63) is 194 Å². The number of aromatic nitrogens is 4. The van der Waals surface area contributed by atoms with E-state index in [0.717, 1.165) is 33.5 Å². The molecular weight excluding hydrogens is 701 g/mol. The predicted molar refractivity (Wildman–Crippen MR) is 234 cm³/mol. The third-order valence-corrected chi connectivity index (χ3v) is 11.8. The summed E-state index contributed by atoms with van der Waals surface area (Å²) in [6, 6.07) is 68.7. The van der Waals surface area contributed by atoms with E-state index in [1.807, 2.05) is 35.6 Å². The first-order valence-electron chi connectivity index (χ1n) is 18.8. The quantitative estimate of drug-likeness (QED) is 0.171. The zero-order chi connectivity index (χ0) is 37.0. The zero-order valence-electron chi connectivity index (χ0n) is 30.2. The van der Waals surface area contributed by atoms with Crippen molar-refractivity contribution in [1.82, 2.24) is 19.5 Å². The molecule has 11 aromatic rings. The molecule has 11 rings (SSSR count). The lowest BCUT2D eigenvalue weighted by molar-refractivity contribution is 1.07. The summed E-state index contributed by atoms with van der Waals surface area (Å²) >= 11 is 1.82. The molecule has 0 saturated heterocycles. The SMILES string of the molecule is c1ccc(-c2cccc(-c3nc(-c4ccccc4)nc(-c4ccc5sc6ccc(-c7ccc8c(c7)c7ccccc7n8-c7ccccc7)cc6c5c4)n3)c2)cc1. The average molecular weight is 733 g/mol. The first-order valence-corrected chi connectivity index (χ1v) is 19.6. The van der Waals surface area contributed by atoms with Crippen LogP contribution in [0.3, 0.4) is 0 Å². The zero-order valence-corrected chi connectivity index (χ0v) is 31.0. The summed E-state index contributed by atoms with van der Waals surface area (Å²) in [6.07, 6.45) is 0. The van der Waals surface area contributed by atoms with Gasteiger partial charge in [-0.3, -0.25) is 0 Å². The van der Waals surface area contributed by atoms with Crippen LogP contribution in [0.5, 0.6) is 0 Å². The molecule has 5 heteroatoms. The molecule has 4 nitrogen and oxygen atoms in total. The van der Waals surface area contributed by atoms with Crippen LogP contribution < -0.4 is 0 Å². The lowest BCUT2D eigenvalue weighted by atomic mass is 10.00. The van der Waals surface area contributed by atoms with Gasteiger partial charge in [0.15, 0.2) is 17.5 Å². The van der Waals surface area contributed by atoms with Crippen LogP contribution in [0.15, 0.2) is 194 Å². The summed E-state index contributed by atoms with van der Waals surface area (Å²) < 4.78 is 4.85. The van der Waals surface area contributed by atoms with E-state index in [4.69, 9.17) is 15.0 Å². The van der Waals surface area contributed by atoms with E-state index < -0.39 is 0 Å². The average Bonchev–Trinajstić information content (AvgIpc) is 3.82. The van der Waals surface area contributed by atoms with Crippen molar-refractivity contribution in [3.8, 4) is 62.1 Å². The van der Waals surface area contributed by atoms with Crippen LogP contribution in [0.2, 0.25) is 0 Å². The number of fused-ring (bicyclic) bond motifs is 6. The Kier molecular flexibility index (Phi) is 7.64. The second-order valence-electron chi connectivity index (χ2n) is 14.1. The minimum atomic E-state index is 0.646. The lowest BCUT2D eigenvalue weighted by Gasteiger charge is -2.10. The van der Waals surface area contributed by atoms with Gasteiger partial charge in [0.1, 0.15) is 0 Å². The maximum Gasteiger partial charge on any atom is 0.164 e. The number of hydrogen-bond donors (Lipinski definition) is 0. The van der Waals surface area contributed by atoms with Crippen LogP contribution in [0.1, 0.15) is 0 Å². The first kappa shape index (κ1) is 32.2. The Bertz CT molecular complexity index is 3240. The Balaban J connectivity index is 1.04. The second kappa shape index (κ2) is 13.3. The van der Waals surface area contributed by atoms with E-state index >= 15 is 0 Å². The molecule has 0 spiro atoms. The minimum Gasteiger partial charge on any atom is -0.309 e. The molecule has 3 heterocycles. The van der Waals surface area contributed by atoms with Crippen LogP contribution in [0, 0.1) is 0 Å². The fraction of sp³-hybridized carbons (Fsp3) is 0. The third-order valence-electron chi connectivity index (χ3n) is 10.6. The Morgan fingerprint density at radius 2 is 0.768 bits per heavy atom. The maximum atomic E-state index is 5.13. The molecule has 0 bridgehead atoms. The molecule has 262 valence electrons. The van der Waals surface area contributed by atoms with Gasteiger partial charge < -0.3 is 4.57 Å². The summed E-state index contributed by atoms with van der Waals surface area (Å²) in [5, 5.41) is 4.91. The van der Waals surface area contributed by atoms with Gasteiger partial charge in [0.25, 0.3) is 0 Å². The Morgan fingerprint density at radius 1 is 0.304 bits per heavy atom. The number of para-hydroxylation sites is 2. The van der Waals surface area contributed by atoms with Gasteiger partial charge >= 0.3 is 0 Å². The van der Waals surface area contributed by atoms with E-state index in [-0.39, 0.29) is 0 Å². The highest BCUT2D eigenvalue weighted by atomic mass is 32.1. The molecule has 0 fully saturated rings. The standard InChI is InChI=1S/C51H32N4S/c1-4-13-33(14-5-1)35-17-12-18-38(29-35)50-52-49(34-15-6-2-7-16-34)53-51(54-50)39-25-28-48-44(32-39)43-31-37(24-27-47(43)56-48)36-23-26-46-42(30-36)41-21-10-11-22-45(41)55(46)40-19-8-3-9-20-40/h1-32H. The van der Waals surface area contributed by atoms with Crippen molar-refractivity contribution in [2.24, 2.45) is 0 Å². The number of nitrogens with zero attached hydrogens (tertiary/aromatic N) is 4. The van der Waals surface area contributed by atoms with Gasteiger partial charge in [0.05, 0.1) is 11.0 Å². The van der Waals surface area contributed by atoms with Crippen LogP contribution in [0.4, 0.5) is 0 Å². The highest BCUT2D eigenvalue weighted by Gasteiger charge is 2.17. The molecule has 3 aromatic heterocycles. The molecule has 0 aliphatic carbocycles. The van der Waals surface area contributed by atoms with E-state index in [0.29, 0.717) is 17.5 Å². The summed E-state index contributed by atoms with van der Waals surface area (Å²) in [5.41, 5.74) is 11.1. The Hall–Kier alpha value is -7.21. The van der Waals surface area contributed by atoms with Crippen molar-refractivity contribution >= 4 is 53.3 Å². The van der Waals surface area contributed by atoms with Crippen LogP contribution >= 0.6 is 11.3 Å². The van der Waals surface area contributed by atoms with E-state index in [9.17, 15) is 0 Å². The summed E-state index contributed by atoms with van der Waals surface area (Å²) in [6.45, 7) is 0. The van der Waals surface area contributed by atoms with E-state index in [2.05, 4.69) is 174 Å². The van der Waals surface area contributed by atoms with Gasteiger partial charge in [-0.2, -0.15) is 0 Å². The monoisotopic (exact) mass is 732 g/mol. The van der Waals surface area contributed by atoms with Crippen molar-refractivity contribution in [2.45, 2.75) is 0 Å². The number of hydrogen-bond acceptors (Lipinski definition) is 4. The topological polar surface area (TPSA) is 43.6 Å². The molecule has 56 heavy (non-hydrogen) atoms. The van der Waals surface area contributed by atoms with Gasteiger partial charge in [-0.05, 0) is 89.0 Å². The predicted octanol–water partition coefficient (Wildman–Crippen LogP) is 13.7. The molecule has 8 aromatic carbocycles. The van der Waals surface area contributed by atoms with Crippen molar-refractivity contribution in [2.75, 3.05) is 0 Å². The molecule has 0 radical (unpaired) electrons. The van der Waals surface area contributed by atoms with Gasteiger partial charge in [0, 0.05) is 53.3 Å². The molecule has 0 saturated carbocycles. The van der Waals surface area contributed by atoms with Gasteiger partial charge in [0.2, 0.25) is 0 Å². The first-order chi connectivity index (χ1) is 27.7. The Labute approximate surface area is 327 Å². The molecule has 0 amide bonds. The highest BCUT2D eigenvalue weighted by molar-refractivity contribution is 7.25. The summed E-state index contributed by atoms with van der Waals surface area (Å²) in [7, 11) is 0. The van der Waals surface area contributed by atoms with Gasteiger partial charge in [-0.1, -0.05) is 127 Å². The second-order valence-corrected chi connectivity index (χ2v) is 15.1. The highest BCUT2D eigenvalue weighted by Crippen LogP contribution is 2.40. The maximum absolute atomic E-state index is 5.13. The van der Waals surface area contributed by atoms with Crippen LogP contribution in [0.25, 0.3) is 104 Å². The smallest absolute Gasteiger partial charge is 0.164 e. The third kappa shape index (κ3) is 5.56. The molecule has 0 N–H and O–H groups in total. The van der Waals surface area contributed by atoms with Gasteiger partial charge in [-0.15, -0.1) is 11.3 Å². The van der Waals surface area contributed by atoms with Gasteiger partial charge in [-0.25, -0.2) is 15.0 Å². The molecule has 0 unspecified atom stereocenters. The number of benzene rings is 8. The minimum absolute atomic E-state index is 0.646. The van der Waals surface area contributed by atoms with E-state index in [1.165, 1.54) is 53.1 Å². The largest absolute Gasteiger partial charge is 0.309 e. The van der Waals surface area contributed by atoms with Crippen molar-refractivity contribution in [1.29, 1.82) is 0 Å². The fourth-order valence-corrected chi connectivity index (χ4v) is 8.99. The lowest BCUT2D eigenvalue weighted by Crippen LogP contribution is -2.00. The molecule has 0 aliphatic rings. The summed E-state index contributed by atoms with van der Waals surface area (Å²) in [5.74, 6) is 1.95. The normalized spacial score (nSPS) is 11.6. The van der Waals surface area contributed by atoms with Crippen LogP contribution in [-0.2, 0) is 0 Å². The van der Waals surface area contributed by atoms with Crippen molar-refractivity contribution in [3.63, 3.8) is 0 Å². The Morgan fingerprint density at radius 3 is 1.48 bits per heavy atom. The molecular formula is C51H32N4S. The number of rotatable bonds is 6. The summed E-state index contributed by atoms with van der Waals surface area (Å²) in [4.78, 5) is 15.2. The molecule has 0 aliphatic heterocycles. The molecule has 0 atom stereocenters. The van der Waals surface area contributed by atoms with Crippen LogP contribution in [-0.4, -0.2) is 19.5 Å². The number of thiophene rings is 1. The van der Waals surface area contributed by atoms with E-state index in [1.54, 1.807) is 0 Å². The van der Waals surface area contributed by atoms with Crippen molar-refractivity contribution < 1.29 is 0 Å².